The van der Waals surface area contributed by atoms with Crippen molar-refractivity contribution in [3.8, 4) is 17.2 Å². The molecule has 7 atom stereocenters. The zero-order valence-corrected chi connectivity index (χ0v) is 35.6. The van der Waals surface area contributed by atoms with E-state index in [1.54, 1.807) is 19.1 Å². The second-order valence-corrected chi connectivity index (χ2v) is 19.3. The van der Waals surface area contributed by atoms with Crippen LogP contribution in [0.3, 0.4) is 0 Å². The Labute approximate surface area is 335 Å². The first-order valence-corrected chi connectivity index (χ1v) is 21.8. The lowest BCUT2D eigenvalue weighted by Gasteiger charge is -2.64. The number of benzene rings is 1. The van der Waals surface area contributed by atoms with Crippen molar-refractivity contribution in [2.24, 2.45) is 17.8 Å². The minimum atomic E-state index is -5.26. The summed E-state index contributed by atoms with van der Waals surface area (Å²) in [6.45, 7) is 16.8. The summed E-state index contributed by atoms with van der Waals surface area (Å²) in [4.78, 5) is 67.2. The summed E-state index contributed by atoms with van der Waals surface area (Å²) in [5.74, 6) is -3.07. The Balaban J connectivity index is 1.54. The third kappa shape index (κ3) is 6.77. The normalized spacial score (nSPS) is 32.4. The summed E-state index contributed by atoms with van der Waals surface area (Å²) in [7, 11) is -3.96. The molecule has 8 rings (SSSR count). The highest BCUT2D eigenvalue weighted by Crippen LogP contribution is 2.71. The number of nitrogens with zero attached hydrogens (tertiary/aromatic N) is 1. The molecule has 2 N–H and O–H groups in total. The number of hydrogen-bond donors (Lipinski definition) is 2. The monoisotopic (exact) mass is 807 g/mol. The zero-order chi connectivity index (χ0) is 41.5. The van der Waals surface area contributed by atoms with Crippen LogP contribution in [0.25, 0.3) is 6.08 Å². The zero-order valence-electron chi connectivity index (χ0n) is 34.7. The van der Waals surface area contributed by atoms with Crippen LogP contribution in [0.1, 0.15) is 122 Å². The van der Waals surface area contributed by atoms with E-state index in [0.717, 1.165) is 24.8 Å². The van der Waals surface area contributed by atoms with Gasteiger partial charge in [0.15, 0.2) is 28.5 Å². The average molecular weight is 808 g/mol. The number of carbonyl (C=O) groups excluding carboxylic acids is 3. The number of esters is 1. The number of phosphoric ester groups is 1. The second kappa shape index (κ2) is 14.6. The van der Waals surface area contributed by atoms with Crippen LogP contribution < -0.4 is 14.0 Å². The minimum absolute atomic E-state index is 0.0449. The van der Waals surface area contributed by atoms with E-state index in [1.165, 1.54) is 12.7 Å². The molecule has 0 radical (unpaired) electrons. The minimum Gasteiger partial charge on any atom is -0.482 e. The Morgan fingerprint density at radius 3 is 2.30 bits per heavy atom. The number of ether oxygens (including phenoxy) is 4. The first kappa shape index (κ1) is 41.6. The van der Waals surface area contributed by atoms with Crippen molar-refractivity contribution >= 4 is 31.4 Å². The van der Waals surface area contributed by atoms with Gasteiger partial charge in [-0.25, -0.2) is 9.36 Å². The van der Waals surface area contributed by atoms with E-state index in [9.17, 15) is 19.1 Å². The fourth-order valence-corrected chi connectivity index (χ4v) is 11.2. The van der Waals surface area contributed by atoms with Crippen LogP contribution in [-0.2, 0) is 30.0 Å². The van der Waals surface area contributed by atoms with Crippen molar-refractivity contribution in [3.63, 3.8) is 0 Å². The molecule has 3 aliphatic carbocycles. The van der Waals surface area contributed by atoms with Crippen LogP contribution in [0.5, 0.6) is 17.2 Å². The van der Waals surface area contributed by atoms with Gasteiger partial charge >= 0.3 is 13.8 Å². The molecule has 7 unspecified atom stereocenters. The quantitative estimate of drug-likeness (QED) is 0.0976. The maximum Gasteiger partial charge on any atom is 0.524 e. The third-order valence-electron chi connectivity index (χ3n) is 13.2. The molecule has 0 aromatic heterocycles. The molecule has 1 aromatic rings. The van der Waals surface area contributed by atoms with Crippen LogP contribution in [0, 0.1) is 17.8 Å². The summed E-state index contributed by atoms with van der Waals surface area (Å²) in [5.41, 5.74) is -1.87. The number of fused-ring (bicyclic) bond motifs is 2. The summed E-state index contributed by atoms with van der Waals surface area (Å²) < 4.78 is 45.0. The molecule has 310 valence electrons. The molecule has 7 aliphatic rings. The molecule has 3 saturated carbocycles. The predicted octanol–water partition coefficient (Wildman–Crippen LogP) is 7.64. The molecule has 4 heterocycles. The van der Waals surface area contributed by atoms with Gasteiger partial charge in [-0.1, -0.05) is 35.8 Å². The number of phosphoric acid groups is 1. The molecule has 1 aromatic carbocycles. The molecule has 0 amide bonds. The number of Topliss-reactive ketones (excluding diaryl/α,β-unsaturated/α-hetero) is 2. The van der Waals surface area contributed by atoms with E-state index in [1.807, 2.05) is 60.6 Å². The number of rotatable bonds is 11. The molecule has 1 spiro atoms. The highest BCUT2D eigenvalue weighted by molar-refractivity contribution is 7.46. The molecule has 5 fully saturated rings. The number of methoxy groups -OCH3 is 1. The Hall–Kier alpha value is -3.54. The maximum absolute atomic E-state index is 16.0. The van der Waals surface area contributed by atoms with Crippen LogP contribution in [0.4, 0.5) is 0 Å². The van der Waals surface area contributed by atoms with Gasteiger partial charge in [0.2, 0.25) is 0 Å². The Kier molecular flexibility index (Phi) is 10.7. The Bertz CT molecular complexity index is 2040. The number of piperidine rings is 1. The van der Waals surface area contributed by atoms with Gasteiger partial charge in [-0.2, -0.15) is 0 Å². The lowest BCUT2D eigenvalue weighted by molar-refractivity contribution is -0.214. The second-order valence-electron chi connectivity index (χ2n) is 18.1. The van der Waals surface area contributed by atoms with E-state index < -0.39 is 65.8 Å². The van der Waals surface area contributed by atoms with E-state index in [-0.39, 0.29) is 46.8 Å². The largest absolute Gasteiger partial charge is 0.524 e. The molecule has 4 bridgehead atoms. The first-order valence-electron chi connectivity index (χ1n) is 20.3. The highest BCUT2D eigenvalue weighted by atomic mass is 31.2. The third-order valence-corrected chi connectivity index (χ3v) is 13.6. The van der Waals surface area contributed by atoms with Gasteiger partial charge in [-0.05, 0) is 119 Å². The van der Waals surface area contributed by atoms with Crippen molar-refractivity contribution < 1.29 is 52.2 Å². The van der Waals surface area contributed by atoms with Crippen molar-refractivity contribution in [1.29, 1.82) is 0 Å². The molecular formula is C44H58NO11P. The number of ketones is 2. The molecule has 13 heteroatoms. The van der Waals surface area contributed by atoms with Crippen LogP contribution in [0.15, 0.2) is 41.0 Å². The first-order chi connectivity index (χ1) is 26.7. The number of carbonyl (C=O) groups is 3. The van der Waals surface area contributed by atoms with Crippen molar-refractivity contribution in [2.45, 2.75) is 135 Å². The van der Waals surface area contributed by atoms with Gasteiger partial charge in [0.1, 0.15) is 22.7 Å². The average Bonchev–Trinajstić information content (AvgIpc) is 3.28. The predicted molar refractivity (Wildman–Crippen MR) is 214 cm³/mol. The number of hydrogen-bond acceptors (Lipinski definition) is 10. The van der Waals surface area contributed by atoms with Gasteiger partial charge in [-0.15, -0.1) is 0 Å². The molecule has 57 heavy (non-hydrogen) atoms. The lowest BCUT2D eigenvalue weighted by Crippen LogP contribution is -2.82. The topological polar surface area (TPSA) is 158 Å². The van der Waals surface area contributed by atoms with E-state index >= 15 is 9.59 Å². The molecule has 2 saturated heterocycles. The Morgan fingerprint density at radius 2 is 1.67 bits per heavy atom. The van der Waals surface area contributed by atoms with Crippen molar-refractivity contribution in [1.82, 2.24) is 4.90 Å². The maximum atomic E-state index is 16.0. The van der Waals surface area contributed by atoms with Crippen molar-refractivity contribution in [2.75, 3.05) is 20.2 Å². The molecule has 12 nitrogen and oxygen atoms in total. The van der Waals surface area contributed by atoms with Gasteiger partial charge in [0.05, 0.1) is 24.2 Å². The van der Waals surface area contributed by atoms with Crippen molar-refractivity contribution in [3.05, 3.63) is 57.7 Å². The molecule has 4 aliphatic heterocycles. The van der Waals surface area contributed by atoms with Gasteiger partial charge in [0, 0.05) is 35.4 Å². The summed E-state index contributed by atoms with van der Waals surface area (Å²) in [6, 6.07) is -0.559. The molecular weight excluding hydrogens is 749 g/mol. The van der Waals surface area contributed by atoms with Gasteiger partial charge in [0.25, 0.3) is 0 Å². The summed E-state index contributed by atoms with van der Waals surface area (Å²) >= 11 is 0. The van der Waals surface area contributed by atoms with Crippen LogP contribution in [-0.4, -0.2) is 80.9 Å². The van der Waals surface area contributed by atoms with Gasteiger partial charge < -0.3 is 23.5 Å². The smallest absolute Gasteiger partial charge is 0.482 e. The van der Waals surface area contributed by atoms with Gasteiger partial charge in [-0.3, -0.25) is 24.3 Å². The highest BCUT2D eigenvalue weighted by Gasteiger charge is 2.86. The fraction of sp³-hybridized carbons (Fsp3) is 0.614. The summed E-state index contributed by atoms with van der Waals surface area (Å²) in [5, 5.41) is 0. The van der Waals surface area contributed by atoms with Crippen LogP contribution in [0.2, 0.25) is 0 Å². The fourth-order valence-electron chi connectivity index (χ4n) is 10.8. The standard InChI is InChI=1S/C44H58NO11P/c1-25(2)14-13-19-42(8)20-18-29-36(53-42)28(16-15-26(3)4)37-32(38(29)55-57(49,50)51)35(46)33-34(45-22-11-10-12-23-45)30-24-31-41(6,7)56-43(39(30)47,44(31,33)54-37)21-17-27(5)40(48)52-9/h14-15,17-18,20,30-31,33-34H,10-13,16,19,21-24H2,1-9H3,(H2,49,50,51)/b27-17-. The number of likely N-dealkylation sites (tertiary alicyclic amines) is 1. The lowest BCUT2D eigenvalue weighted by atomic mass is 9.44. The Morgan fingerprint density at radius 1 is 0.982 bits per heavy atom. The van der Waals surface area contributed by atoms with E-state index in [4.69, 9.17) is 23.5 Å². The SMILES string of the molecule is COC(=O)/C(C)=C\CC12OC(C)(C)C3CC(C1=O)C(N1CCCCC1)C1C(=O)c4c(OP(=O)(O)O)c5c(c(CC=C(C)C)c4OC132)OC(C)(CCC=C(C)C)C=C5. The number of allylic oxidation sites excluding steroid dienone is 4. The van der Waals surface area contributed by atoms with Crippen LogP contribution >= 0.6 is 7.82 Å². The van der Waals surface area contributed by atoms with E-state index in [0.29, 0.717) is 43.7 Å². The van der Waals surface area contributed by atoms with E-state index in [2.05, 4.69) is 11.0 Å². The summed E-state index contributed by atoms with van der Waals surface area (Å²) in [6.07, 6.45) is 14.2.